The summed E-state index contributed by atoms with van der Waals surface area (Å²) in [7, 11) is 0. The Kier molecular flexibility index (Phi) is 57.1. The fourth-order valence-electron chi connectivity index (χ4n) is 11.1. The van der Waals surface area contributed by atoms with Gasteiger partial charge >= 0.3 is 0 Å². The number of rotatable bonds is 32. The number of hydrogen-bond acceptors (Lipinski definition) is 19. The SMILES string of the molecule is [2H]P(I)c1cc(-c2cc3sc(-c4cc(P([2H])I)c(P([2H])I)s4)cc3s2)sc1P([2H])I.[2H]P(I)c1cc(-c2cc3sc(-c4cc(P([2H])I)c(P([2H])I)s4)cc3s2)sc1P([2H])I.[2H]P(I)c1sc(C)c(P([2H])I)c1P([2H])I.[2H]P(I)c1sc2c(P([2H])I)c(P([2H])I)sc2c1P([2H])I.[2H]P(I)c1sc2c(P([2H])I)sc(P([2H])I)c2c1P([2H])I.[2H]P(I)c1sc2cc(-c3cc4sc(P([2H])I)c(P([2H])I)c4s3)sc2c1P([2H])I.[2H]P(I)c1sc2sc(P([2H])I)c(P([2H])I)c2c1P([2H])I. The van der Waals surface area contributed by atoms with Gasteiger partial charge < -0.3 is 0 Å². The highest BCUT2D eigenvalue weighted by Crippen LogP contribution is 2.54. The van der Waals surface area contributed by atoms with Crippen LogP contribution in [-0.4, -0.2) is 34.5 Å². The van der Waals surface area contributed by atoms with Crippen LogP contribution in [0.2, 0.25) is 0 Å². The molecular formula is C63H40I27P27S19. The van der Waals surface area contributed by atoms with E-state index in [9.17, 15) is 0 Å². The van der Waals surface area contributed by atoms with Gasteiger partial charge in [-0.1, -0.05) is 595 Å². The van der Waals surface area contributed by atoms with Gasteiger partial charge in [0.2, 0.25) is 0 Å². The number of thiophene rings is 19. The van der Waals surface area contributed by atoms with Crippen molar-refractivity contribution in [3.05, 3.63) is 65.5 Å². The fourth-order valence-corrected chi connectivity index (χ4v) is 119. The first-order valence-electron chi connectivity index (χ1n) is 45.5. The minimum absolute atomic E-state index is 0.915. The van der Waals surface area contributed by atoms with Crippen molar-refractivity contribution in [1.29, 1.82) is 34.5 Å². The predicted molar refractivity (Wildman–Crippen MR) is 992 cm³/mol. The zero-order chi connectivity index (χ0) is 121. The maximum Gasteiger partial charge on any atom is 0.0892 e. The number of halogens is 27. The largest absolute Gasteiger partial charge is 0.139 e. The molecule has 73 heteroatoms. The van der Waals surface area contributed by atoms with Crippen molar-refractivity contribution in [3.63, 3.8) is 0 Å². The van der Waals surface area contributed by atoms with Gasteiger partial charge in [0.05, 0.1) is 66.7 Å². The molecule has 0 aromatic carbocycles. The number of aryl methyl sites for hydroxylation is 1. The van der Waals surface area contributed by atoms with Crippen molar-refractivity contribution >= 4 is 1180 Å². The van der Waals surface area contributed by atoms with Crippen LogP contribution in [0.25, 0.3) is 115 Å². The van der Waals surface area contributed by atoms with Gasteiger partial charge in [-0.05, 0) is 234 Å². The van der Waals surface area contributed by atoms with Crippen LogP contribution in [0, 0.1) is 6.92 Å². The molecule has 0 amide bonds. The molecule has 0 aliphatic carbocycles. The van der Waals surface area contributed by atoms with Crippen LogP contribution in [0.5, 0.6) is 0 Å². The summed E-state index contributed by atoms with van der Waals surface area (Å²) >= 11 is 90.4. The summed E-state index contributed by atoms with van der Waals surface area (Å²) < 4.78 is 248. The van der Waals surface area contributed by atoms with Gasteiger partial charge in [-0.15, -0.1) is 215 Å². The minimum atomic E-state index is -1.06. The lowest BCUT2D eigenvalue weighted by Gasteiger charge is -2.00. The highest BCUT2D eigenvalue weighted by Gasteiger charge is 2.27. The summed E-state index contributed by atoms with van der Waals surface area (Å²) in [6.45, 7) is 2.01. The van der Waals surface area contributed by atoms with Gasteiger partial charge in [0.25, 0.3) is 0 Å². The summed E-state index contributed by atoms with van der Waals surface area (Å²) in [6, 6.07) is 22.0. The second kappa shape index (κ2) is 73.8. The number of fused-ring (bicyclic) bond motifs is 7. The normalized spacial score (nSPS) is 20.7. The molecule has 19 aromatic rings. The first-order chi connectivity index (χ1) is 76.1. The third-order valence-corrected chi connectivity index (χ3v) is 117. The summed E-state index contributed by atoms with van der Waals surface area (Å²) in [6.07, 6.45) is -26.7. The van der Waals surface area contributed by atoms with E-state index in [0.29, 0.717) is 0 Å². The summed E-state index contributed by atoms with van der Waals surface area (Å²) in [5, 5.41) is 15.6. The Balaban J connectivity index is 0.000000158. The van der Waals surface area contributed by atoms with E-state index in [4.69, 9.17) is 34.5 Å². The molecule has 0 aliphatic rings. The molecule has 0 saturated carbocycles. The molecule has 730 valence electrons. The van der Waals surface area contributed by atoms with E-state index in [-0.39, 0.29) is 0 Å². The molecule has 0 spiro atoms. The van der Waals surface area contributed by atoms with Crippen LogP contribution < -0.4 is 134 Å². The van der Waals surface area contributed by atoms with Crippen LogP contribution in [0.15, 0.2) is 60.7 Å². The quantitative estimate of drug-likeness (QED) is 0.0291. The zero-order valence-corrected chi connectivity index (χ0v) is 161. The number of hydrogen-bond donors (Lipinski definition) is 0. The molecular weight excluding hydrogens is 5630 g/mol. The lowest BCUT2D eigenvalue weighted by atomic mass is 10.3. The van der Waals surface area contributed by atoms with Gasteiger partial charge in [0.15, 0.2) is 0 Å². The first kappa shape index (κ1) is 105. The van der Waals surface area contributed by atoms with E-state index < -0.39 is 167 Å². The molecule has 19 heterocycles. The van der Waals surface area contributed by atoms with Gasteiger partial charge in [-0.25, -0.2) is 0 Å². The Hall–Kier alpha value is 27.4. The van der Waals surface area contributed by atoms with Crippen molar-refractivity contribution in [3.8, 4) is 48.8 Å². The van der Waals surface area contributed by atoms with Crippen molar-refractivity contribution in [2.24, 2.45) is 0 Å². The topological polar surface area (TPSA) is 0 Å². The van der Waals surface area contributed by atoms with Crippen molar-refractivity contribution in [2.75, 3.05) is 0 Å². The summed E-state index contributed by atoms with van der Waals surface area (Å²) in [5.41, 5.74) is 0. The first-order valence-corrected chi connectivity index (χ1v) is 148. The van der Waals surface area contributed by atoms with Gasteiger partial charge in [-0.3, -0.25) is 0 Å². The summed E-state index contributed by atoms with van der Waals surface area (Å²) in [5.74, 6) is 0. The Morgan fingerprint density at radius 3 is 0.676 bits per heavy atom. The molecule has 27 atom stereocenters. The van der Waals surface area contributed by atoms with Gasteiger partial charge in [0.1, 0.15) is 0 Å². The monoisotopic (exact) mass is 5690 g/mol. The molecule has 19 rings (SSSR count). The van der Waals surface area contributed by atoms with Crippen LogP contribution in [0.4, 0.5) is 0 Å². The smallest absolute Gasteiger partial charge is 0.0892 e. The highest BCUT2D eigenvalue weighted by molar-refractivity contribution is 14.2. The van der Waals surface area contributed by atoms with E-state index in [2.05, 4.69) is 656 Å². The Labute approximate surface area is 1300 Å². The second-order valence-corrected chi connectivity index (χ2v) is 104. The molecule has 0 bridgehead atoms. The van der Waals surface area contributed by atoms with Crippen LogP contribution in [0.1, 0.15) is 4.88 Å². The summed E-state index contributed by atoms with van der Waals surface area (Å²) in [4.78, 5) is 13.2. The van der Waals surface area contributed by atoms with E-state index in [1.54, 1.807) is 215 Å². The van der Waals surface area contributed by atoms with Crippen LogP contribution in [0.3, 0.4) is 0 Å². The molecule has 0 saturated heterocycles. The standard InChI is InChI=1S/2C14H8I4P4S4.C12H6I4P4S4.3C6H4I4P4S2.C5H6I3P3S/c2*15-19-5-1-7(25-13(5)21-17)9-3-11-12(23-9)4-10(24-11)8-2-6(20-16)14(22-18)26-8;13-17-7-9-5(23-11(7)19-15)1-3(21-9)4-2-6-10(22-4)8(18-14)12(20-16)24-6;7-11-1-3-4(16-5(1)13-9)2(12-8)6(14-10)15-3;7-11-2-1-3(12-8)5(14-10)16-6(1)15-4(2)13-9;7-11-2-1-3(15-5(2)13-9)6(14-10)16-4(1)12-8;1-2-3(9-6)4(10-7)5(11-8)12-2/h2*1-4,19-22H;1-2,17-20H;3*11-14H;9-11H,1H3/i2*19D,20D,21D,22D;17D,18D,19D,20D;3*11D,12D,13D,14D;9D,10D,11D. The maximum absolute atomic E-state index is 8.32. The van der Waals surface area contributed by atoms with Gasteiger partial charge in [-0.2, -0.15) is 0 Å². The lowest BCUT2D eigenvalue weighted by molar-refractivity contribution is 1.70. The van der Waals surface area contributed by atoms with Crippen molar-refractivity contribution in [2.45, 2.75) is 6.92 Å². The Morgan fingerprint density at radius 2 is 0.397 bits per heavy atom. The molecule has 0 N–H and O–H groups in total. The fraction of sp³-hybridized carbons (Fsp3) is 0.0159. The van der Waals surface area contributed by atoms with Crippen LogP contribution in [-0.2, 0) is 0 Å². The average Bonchev–Trinajstić information content (AvgIpc) is 1.57. The molecule has 136 heavy (non-hydrogen) atoms. The second-order valence-electron chi connectivity index (χ2n) is 23.7. The van der Waals surface area contributed by atoms with Crippen molar-refractivity contribution in [1.82, 2.24) is 0 Å². The third-order valence-electron chi connectivity index (χ3n) is 16.6. The Bertz CT molecular complexity index is 7660. The molecule has 0 aliphatic heterocycles. The lowest BCUT2D eigenvalue weighted by Crippen LogP contribution is -2.18. The van der Waals surface area contributed by atoms with Gasteiger partial charge in [0, 0.05) is 222 Å². The minimum Gasteiger partial charge on any atom is -0.139 e. The third kappa shape index (κ3) is 36.5. The van der Waals surface area contributed by atoms with E-state index in [0.717, 1.165) is 167 Å². The van der Waals surface area contributed by atoms with Crippen molar-refractivity contribution < 1.29 is 0 Å². The predicted octanol–water partition coefficient (Wildman–Crippen LogP) is 47.3. The maximum atomic E-state index is 8.32. The van der Waals surface area contributed by atoms with E-state index in [1.807, 2.05) is 6.92 Å². The van der Waals surface area contributed by atoms with E-state index >= 15 is 0 Å². The molecule has 19 aromatic heterocycles. The molecule has 0 nitrogen and oxygen atoms in total. The molecule has 27 unspecified atom stereocenters. The van der Waals surface area contributed by atoms with Crippen LogP contribution >= 0.6 is 977 Å². The van der Waals surface area contributed by atoms with E-state index in [1.165, 1.54) is 86.4 Å². The molecule has 0 fully saturated rings. The Morgan fingerprint density at radius 1 is 0.162 bits per heavy atom. The zero-order valence-electron chi connectivity index (χ0n) is 89.8. The molecule has 0 radical (unpaired) electrons. The highest BCUT2D eigenvalue weighted by atomic mass is 127. The average molecular weight is 5700 g/mol.